The third kappa shape index (κ3) is 5.41. The van der Waals surface area contributed by atoms with Crippen LogP contribution in [0.25, 0.3) is 0 Å². The molecule has 124 valence electrons. The predicted molar refractivity (Wildman–Crippen MR) is 90.8 cm³/mol. The number of nitrogens with zero attached hydrogens (tertiary/aromatic N) is 1. The van der Waals surface area contributed by atoms with Crippen molar-refractivity contribution in [2.75, 3.05) is 46.4 Å². The first-order valence-corrected chi connectivity index (χ1v) is 7.57. The molecule has 0 aliphatic carbocycles. The first kappa shape index (κ1) is 19.2. The van der Waals surface area contributed by atoms with Gasteiger partial charge >= 0.3 is 0 Å². The fraction of sp³-hybridized carbons (Fsp3) is 0.533. The molecule has 7 heteroatoms. The van der Waals surface area contributed by atoms with E-state index in [0.717, 1.165) is 23.7 Å². The van der Waals surface area contributed by atoms with Crippen LogP contribution in [0.1, 0.15) is 11.6 Å². The molecule has 1 unspecified atom stereocenters. The molecule has 1 atom stereocenters. The summed E-state index contributed by atoms with van der Waals surface area (Å²) in [5, 5.41) is 6.55. The summed E-state index contributed by atoms with van der Waals surface area (Å²) in [5.74, 6) is -0.0113. The van der Waals surface area contributed by atoms with E-state index in [4.69, 9.17) is 16.3 Å². The second-order valence-electron chi connectivity index (χ2n) is 5.02. The van der Waals surface area contributed by atoms with E-state index in [-0.39, 0.29) is 24.4 Å². The highest BCUT2D eigenvalue weighted by molar-refractivity contribution is 6.31. The number of hydrogen-bond acceptors (Lipinski definition) is 4. The van der Waals surface area contributed by atoms with Crippen molar-refractivity contribution in [1.29, 1.82) is 0 Å². The van der Waals surface area contributed by atoms with Gasteiger partial charge in [0.1, 0.15) is 0 Å². The average molecular weight is 348 g/mol. The second-order valence-corrected chi connectivity index (χ2v) is 5.43. The topological polar surface area (TPSA) is 53.6 Å². The molecule has 2 rings (SSSR count). The fourth-order valence-electron chi connectivity index (χ4n) is 2.50. The highest BCUT2D eigenvalue weighted by atomic mass is 35.5. The van der Waals surface area contributed by atoms with Crippen molar-refractivity contribution in [2.45, 2.75) is 6.04 Å². The minimum absolute atomic E-state index is 0. The van der Waals surface area contributed by atoms with Crippen LogP contribution >= 0.6 is 24.0 Å². The predicted octanol–water partition coefficient (Wildman–Crippen LogP) is 1.47. The lowest BCUT2D eigenvalue weighted by molar-refractivity contribution is -0.120. The summed E-state index contributed by atoms with van der Waals surface area (Å²) >= 11 is 6.33. The molecule has 1 amide bonds. The molecule has 0 spiro atoms. The Morgan fingerprint density at radius 2 is 2.05 bits per heavy atom. The summed E-state index contributed by atoms with van der Waals surface area (Å²) in [6, 6.07) is 7.88. The molecule has 1 heterocycles. The van der Waals surface area contributed by atoms with E-state index in [2.05, 4.69) is 15.5 Å². The zero-order valence-electron chi connectivity index (χ0n) is 12.7. The number of morpholine rings is 1. The molecular formula is C15H23Cl2N3O2. The molecule has 1 fully saturated rings. The van der Waals surface area contributed by atoms with Gasteiger partial charge in [-0.25, -0.2) is 0 Å². The molecule has 0 aromatic heterocycles. The first-order chi connectivity index (χ1) is 10.2. The largest absolute Gasteiger partial charge is 0.379 e. The number of rotatable bonds is 6. The average Bonchev–Trinajstić information content (AvgIpc) is 2.50. The molecule has 1 saturated heterocycles. The Hall–Kier alpha value is -0.850. The molecule has 2 N–H and O–H groups in total. The van der Waals surface area contributed by atoms with Gasteiger partial charge in [0.05, 0.1) is 25.8 Å². The lowest BCUT2D eigenvalue weighted by Gasteiger charge is -2.35. The monoisotopic (exact) mass is 347 g/mol. The summed E-state index contributed by atoms with van der Waals surface area (Å²) in [6.45, 7) is 3.98. The maximum Gasteiger partial charge on any atom is 0.234 e. The smallest absolute Gasteiger partial charge is 0.234 e. The highest BCUT2D eigenvalue weighted by Crippen LogP contribution is 2.27. The Bertz CT molecular complexity index is 468. The summed E-state index contributed by atoms with van der Waals surface area (Å²) in [7, 11) is 1.76. The number of carbonyl (C=O) groups is 1. The number of ether oxygens (including phenoxy) is 1. The van der Waals surface area contributed by atoms with E-state index < -0.39 is 0 Å². The minimum Gasteiger partial charge on any atom is -0.379 e. The van der Waals surface area contributed by atoms with Crippen molar-refractivity contribution >= 4 is 29.9 Å². The molecular weight excluding hydrogens is 325 g/mol. The van der Waals surface area contributed by atoms with Crippen LogP contribution < -0.4 is 10.6 Å². The van der Waals surface area contributed by atoms with Gasteiger partial charge in [-0.15, -0.1) is 12.4 Å². The van der Waals surface area contributed by atoms with E-state index >= 15 is 0 Å². The summed E-state index contributed by atoms with van der Waals surface area (Å²) < 4.78 is 5.41. The normalized spacial score (nSPS) is 16.6. The van der Waals surface area contributed by atoms with E-state index in [1.54, 1.807) is 7.05 Å². The zero-order valence-corrected chi connectivity index (χ0v) is 14.3. The Morgan fingerprint density at radius 3 is 2.68 bits per heavy atom. The molecule has 0 bridgehead atoms. The van der Waals surface area contributed by atoms with Crippen LogP contribution in [0.15, 0.2) is 24.3 Å². The Labute approximate surface area is 142 Å². The molecule has 1 aromatic rings. The van der Waals surface area contributed by atoms with Crippen LogP contribution in [0.5, 0.6) is 0 Å². The molecule has 1 aromatic carbocycles. The molecule has 1 aliphatic heterocycles. The van der Waals surface area contributed by atoms with Crippen molar-refractivity contribution in [3.8, 4) is 0 Å². The summed E-state index contributed by atoms with van der Waals surface area (Å²) in [5.41, 5.74) is 1.05. The van der Waals surface area contributed by atoms with E-state index in [1.165, 1.54) is 0 Å². The SMILES string of the molecule is CNCC(=O)NCC(c1ccccc1Cl)N1CCOCC1.Cl. The van der Waals surface area contributed by atoms with Crippen molar-refractivity contribution < 1.29 is 9.53 Å². The van der Waals surface area contributed by atoms with Crippen LogP contribution in [0, 0.1) is 0 Å². The van der Waals surface area contributed by atoms with Crippen LogP contribution in [-0.2, 0) is 9.53 Å². The lowest BCUT2D eigenvalue weighted by Crippen LogP contribution is -2.45. The van der Waals surface area contributed by atoms with Gasteiger partial charge in [-0.05, 0) is 18.7 Å². The van der Waals surface area contributed by atoms with Gasteiger partial charge < -0.3 is 15.4 Å². The Balaban J connectivity index is 0.00000242. The van der Waals surface area contributed by atoms with E-state index in [9.17, 15) is 4.79 Å². The zero-order chi connectivity index (χ0) is 15.1. The number of benzene rings is 1. The van der Waals surface area contributed by atoms with Crippen molar-refractivity contribution in [3.05, 3.63) is 34.9 Å². The third-order valence-electron chi connectivity index (χ3n) is 3.58. The van der Waals surface area contributed by atoms with E-state index in [0.29, 0.717) is 26.3 Å². The first-order valence-electron chi connectivity index (χ1n) is 7.20. The number of likely N-dealkylation sites (N-methyl/N-ethyl adjacent to an activating group) is 1. The Morgan fingerprint density at radius 1 is 1.36 bits per heavy atom. The number of halogens is 2. The molecule has 1 aliphatic rings. The van der Waals surface area contributed by atoms with Gasteiger partial charge in [0.25, 0.3) is 0 Å². The number of carbonyl (C=O) groups excluding carboxylic acids is 1. The van der Waals surface area contributed by atoms with Crippen LogP contribution in [-0.4, -0.2) is 57.2 Å². The summed E-state index contributed by atoms with van der Waals surface area (Å²) in [4.78, 5) is 14.0. The molecule has 0 saturated carbocycles. The maximum absolute atomic E-state index is 11.7. The number of hydrogen-bond donors (Lipinski definition) is 2. The van der Waals surface area contributed by atoms with Crippen molar-refractivity contribution in [2.24, 2.45) is 0 Å². The molecule has 22 heavy (non-hydrogen) atoms. The minimum atomic E-state index is -0.0113. The Kier molecular flexibility index (Phi) is 8.75. The maximum atomic E-state index is 11.7. The van der Waals surface area contributed by atoms with Crippen LogP contribution in [0.2, 0.25) is 5.02 Å². The van der Waals surface area contributed by atoms with Gasteiger partial charge in [0.2, 0.25) is 5.91 Å². The quantitative estimate of drug-likeness (QED) is 0.818. The van der Waals surface area contributed by atoms with Crippen LogP contribution in [0.4, 0.5) is 0 Å². The standard InChI is InChI=1S/C15H22ClN3O2.ClH/c1-17-11-15(20)18-10-14(19-6-8-21-9-7-19)12-4-2-3-5-13(12)16;/h2-5,14,17H,6-11H2,1H3,(H,18,20);1H. The lowest BCUT2D eigenvalue weighted by atomic mass is 10.0. The van der Waals surface area contributed by atoms with Gasteiger partial charge in [-0.3, -0.25) is 9.69 Å². The number of amides is 1. The third-order valence-corrected chi connectivity index (χ3v) is 3.92. The number of nitrogens with one attached hydrogen (secondary N) is 2. The molecule has 0 radical (unpaired) electrons. The van der Waals surface area contributed by atoms with Gasteiger partial charge in [0.15, 0.2) is 0 Å². The fourth-order valence-corrected chi connectivity index (χ4v) is 2.77. The van der Waals surface area contributed by atoms with Gasteiger partial charge in [-0.2, -0.15) is 0 Å². The van der Waals surface area contributed by atoms with Gasteiger partial charge in [-0.1, -0.05) is 29.8 Å². The molecule has 5 nitrogen and oxygen atoms in total. The highest BCUT2D eigenvalue weighted by Gasteiger charge is 2.24. The van der Waals surface area contributed by atoms with E-state index in [1.807, 2.05) is 24.3 Å². The van der Waals surface area contributed by atoms with Crippen molar-refractivity contribution in [3.63, 3.8) is 0 Å². The summed E-state index contributed by atoms with van der Waals surface area (Å²) in [6.07, 6.45) is 0. The second kappa shape index (κ2) is 10.0. The van der Waals surface area contributed by atoms with Crippen molar-refractivity contribution in [1.82, 2.24) is 15.5 Å². The van der Waals surface area contributed by atoms with Gasteiger partial charge in [0, 0.05) is 24.7 Å². The van der Waals surface area contributed by atoms with Crippen LogP contribution in [0.3, 0.4) is 0 Å².